The van der Waals surface area contributed by atoms with E-state index in [1.165, 1.54) is 0 Å². The van der Waals surface area contributed by atoms with Crippen LogP contribution in [0.15, 0.2) is 35.9 Å². The smallest absolute Gasteiger partial charge is 0.251 e. The predicted octanol–water partition coefficient (Wildman–Crippen LogP) is 3.19. The summed E-state index contributed by atoms with van der Waals surface area (Å²) in [5.41, 5.74) is 2.34. The van der Waals surface area contributed by atoms with E-state index < -0.39 is 0 Å². The molecule has 0 aliphatic heterocycles. The molecule has 4 heteroatoms. The first-order chi connectivity index (χ1) is 10.5. The van der Waals surface area contributed by atoms with E-state index in [9.17, 15) is 9.59 Å². The maximum Gasteiger partial charge on any atom is 0.251 e. The maximum atomic E-state index is 12.0. The Kier molecular flexibility index (Phi) is 7.37. The zero-order valence-corrected chi connectivity index (χ0v) is 13.9. The second-order valence-electron chi connectivity index (χ2n) is 5.46. The molecule has 0 bridgehead atoms. The Bertz CT molecular complexity index is 533. The van der Waals surface area contributed by atoms with Crippen LogP contribution in [0.5, 0.6) is 0 Å². The normalized spacial score (nSPS) is 12.6. The highest BCUT2D eigenvalue weighted by molar-refractivity contribution is 5.94. The van der Waals surface area contributed by atoms with Crippen molar-refractivity contribution < 1.29 is 9.59 Å². The van der Waals surface area contributed by atoms with Crippen molar-refractivity contribution in [2.45, 2.75) is 53.1 Å². The molecule has 0 unspecified atom stereocenters. The predicted molar refractivity (Wildman–Crippen MR) is 89.6 cm³/mol. The van der Waals surface area contributed by atoms with Gasteiger partial charge in [-0.3, -0.25) is 9.59 Å². The summed E-state index contributed by atoms with van der Waals surface area (Å²) in [5.74, 6) is -0.118. The van der Waals surface area contributed by atoms with Crippen LogP contribution in [0.1, 0.15) is 56.5 Å². The zero-order chi connectivity index (χ0) is 16.5. The molecule has 1 rings (SSSR count). The highest BCUT2D eigenvalue weighted by atomic mass is 16.2. The molecule has 1 aromatic rings. The molecule has 0 aromatic heterocycles. The number of allylic oxidation sites excluding steroid dienone is 1. The summed E-state index contributed by atoms with van der Waals surface area (Å²) >= 11 is 0. The molecule has 0 fully saturated rings. The van der Waals surface area contributed by atoms with Crippen LogP contribution in [0.25, 0.3) is 0 Å². The maximum absolute atomic E-state index is 12.0. The van der Waals surface area contributed by atoms with E-state index in [1.807, 2.05) is 39.0 Å². The molecular formula is C18H26N2O2. The quantitative estimate of drug-likeness (QED) is 0.760. The van der Waals surface area contributed by atoms with Crippen molar-refractivity contribution in [3.63, 3.8) is 0 Å². The van der Waals surface area contributed by atoms with Crippen LogP contribution < -0.4 is 10.6 Å². The van der Waals surface area contributed by atoms with Crippen molar-refractivity contribution in [3.05, 3.63) is 47.0 Å². The van der Waals surface area contributed by atoms with Gasteiger partial charge in [-0.2, -0.15) is 0 Å². The van der Waals surface area contributed by atoms with E-state index in [0.717, 1.165) is 24.0 Å². The summed E-state index contributed by atoms with van der Waals surface area (Å²) < 4.78 is 0. The van der Waals surface area contributed by atoms with Gasteiger partial charge < -0.3 is 10.6 Å². The minimum atomic E-state index is -0.0633. The molecule has 0 aliphatic carbocycles. The van der Waals surface area contributed by atoms with Gasteiger partial charge in [0.1, 0.15) is 0 Å². The van der Waals surface area contributed by atoms with E-state index in [1.54, 1.807) is 19.1 Å². The summed E-state index contributed by atoms with van der Waals surface area (Å²) in [6.07, 6.45) is 3.65. The van der Waals surface area contributed by atoms with Gasteiger partial charge in [-0.1, -0.05) is 32.1 Å². The van der Waals surface area contributed by atoms with Gasteiger partial charge in [0, 0.05) is 23.7 Å². The molecule has 0 saturated carbocycles. The van der Waals surface area contributed by atoms with Crippen molar-refractivity contribution >= 4 is 11.8 Å². The summed E-state index contributed by atoms with van der Waals surface area (Å²) in [7, 11) is 0. The molecule has 120 valence electrons. The fourth-order valence-electron chi connectivity index (χ4n) is 1.90. The fourth-order valence-corrected chi connectivity index (χ4v) is 1.90. The number of benzene rings is 1. The third-order valence-corrected chi connectivity index (χ3v) is 3.53. The fraction of sp³-hybridized carbons (Fsp3) is 0.444. The standard InChI is InChI=1S/C18H26N2O2/c1-5-7-13(3)17(21)19-12-15-8-10-16(11-9-15)18(22)20-14(4)6-2/h7-11,14H,5-6,12H2,1-4H3,(H,19,21)(H,20,22)/b13-7+/t14-/m1/s1. The summed E-state index contributed by atoms with van der Waals surface area (Å²) in [6, 6.07) is 7.47. The van der Waals surface area contributed by atoms with Crippen LogP contribution in [-0.4, -0.2) is 17.9 Å². The highest BCUT2D eigenvalue weighted by Gasteiger charge is 2.08. The number of hydrogen-bond donors (Lipinski definition) is 2. The van der Waals surface area contributed by atoms with Crippen molar-refractivity contribution in [2.24, 2.45) is 0 Å². The average molecular weight is 302 g/mol. The van der Waals surface area contributed by atoms with Crippen molar-refractivity contribution in [1.82, 2.24) is 10.6 Å². The average Bonchev–Trinajstić information content (AvgIpc) is 2.53. The number of carbonyl (C=O) groups is 2. The number of rotatable bonds is 7. The van der Waals surface area contributed by atoms with Crippen LogP contribution >= 0.6 is 0 Å². The van der Waals surface area contributed by atoms with E-state index >= 15 is 0 Å². The van der Waals surface area contributed by atoms with E-state index in [0.29, 0.717) is 12.1 Å². The molecule has 0 radical (unpaired) electrons. The second kappa shape index (κ2) is 9.03. The molecule has 0 saturated heterocycles. The van der Waals surface area contributed by atoms with Crippen LogP contribution in [0.3, 0.4) is 0 Å². The number of hydrogen-bond acceptors (Lipinski definition) is 2. The van der Waals surface area contributed by atoms with E-state index in [2.05, 4.69) is 10.6 Å². The Morgan fingerprint density at radius 2 is 1.82 bits per heavy atom. The van der Waals surface area contributed by atoms with Crippen molar-refractivity contribution in [1.29, 1.82) is 0 Å². The monoisotopic (exact) mass is 302 g/mol. The third-order valence-electron chi connectivity index (χ3n) is 3.53. The Labute approximate surface area is 133 Å². The third kappa shape index (κ3) is 5.72. The topological polar surface area (TPSA) is 58.2 Å². The highest BCUT2D eigenvalue weighted by Crippen LogP contribution is 2.06. The van der Waals surface area contributed by atoms with Crippen LogP contribution in [0.2, 0.25) is 0 Å². The molecule has 0 heterocycles. The first-order valence-electron chi connectivity index (χ1n) is 7.82. The lowest BCUT2D eigenvalue weighted by Crippen LogP contribution is -2.31. The molecule has 1 atom stereocenters. The van der Waals surface area contributed by atoms with Gasteiger partial charge in [-0.25, -0.2) is 0 Å². The summed E-state index contributed by atoms with van der Waals surface area (Å²) in [5, 5.41) is 5.79. The molecule has 2 N–H and O–H groups in total. The van der Waals surface area contributed by atoms with E-state index in [-0.39, 0.29) is 17.9 Å². The molecular weight excluding hydrogens is 276 g/mol. The molecule has 4 nitrogen and oxygen atoms in total. The SMILES string of the molecule is CC/C=C(\C)C(=O)NCc1ccc(C(=O)N[C@H](C)CC)cc1. The number of carbonyl (C=O) groups excluding carboxylic acids is 2. The number of nitrogens with one attached hydrogen (secondary N) is 2. The minimum Gasteiger partial charge on any atom is -0.350 e. The Hall–Kier alpha value is -2.10. The van der Waals surface area contributed by atoms with Gasteiger partial charge in [0.15, 0.2) is 0 Å². The van der Waals surface area contributed by atoms with Crippen molar-refractivity contribution in [3.8, 4) is 0 Å². The Balaban J connectivity index is 2.57. The lowest BCUT2D eigenvalue weighted by atomic mass is 10.1. The van der Waals surface area contributed by atoms with Gasteiger partial charge in [-0.15, -0.1) is 0 Å². The lowest BCUT2D eigenvalue weighted by molar-refractivity contribution is -0.117. The van der Waals surface area contributed by atoms with Crippen LogP contribution in [0.4, 0.5) is 0 Å². The van der Waals surface area contributed by atoms with Crippen molar-refractivity contribution in [2.75, 3.05) is 0 Å². The summed E-state index contributed by atoms with van der Waals surface area (Å²) in [6.45, 7) is 8.28. The van der Waals surface area contributed by atoms with Gasteiger partial charge >= 0.3 is 0 Å². The van der Waals surface area contributed by atoms with Gasteiger partial charge in [0.25, 0.3) is 5.91 Å². The second-order valence-corrected chi connectivity index (χ2v) is 5.46. The number of amides is 2. The van der Waals surface area contributed by atoms with Crippen LogP contribution in [-0.2, 0) is 11.3 Å². The Morgan fingerprint density at radius 1 is 1.18 bits per heavy atom. The first kappa shape index (κ1) is 18.0. The molecule has 0 aliphatic rings. The lowest BCUT2D eigenvalue weighted by Gasteiger charge is -2.11. The van der Waals surface area contributed by atoms with Gasteiger partial charge in [0.2, 0.25) is 5.91 Å². The zero-order valence-electron chi connectivity index (χ0n) is 13.9. The largest absolute Gasteiger partial charge is 0.350 e. The molecule has 1 aromatic carbocycles. The minimum absolute atomic E-state index is 0.0551. The van der Waals surface area contributed by atoms with Crippen LogP contribution in [0, 0.1) is 0 Å². The van der Waals surface area contributed by atoms with Gasteiger partial charge in [-0.05, 0) is 44.4 Å². The molecule has 2 amide bonds. The Morgan fingerprint density at radius 3 is 2.36 bits per heavy atom. The van der Waals surface area contributed by atoms with Gasteiger partial charge in [0.05, 0.1) is 0 Å². The summed E-state index contributed by atoms with van der Waals surface area (Å²) in [4.78, 5) is 23.8. The molecule has 22 heavy (non-hydrogen) atoms. The van der Waals surface area contributed by atoms with E-state index in [4.69, 9.17) is 0 Å². The molecule has 0 spiro atoms. The first-order valence-corrected chi connectivity index (χ1v) is 7.82.